The summed E-state index contributed by atoms with van der Waals surface area (Å²) in [6, 6.07) is 9.05. The number of thioether (sulfide) groups is 1. The fraction of sp³-hybridized carbons (Fsp3) is 0.200. The van der Waals surface area contributed by atoms with Crippen LogP contribution < -0.4 is 5.32 Å². The van der Waals surface area contributed by atoms with Crippen LogP contribution in [0.2, 0.25) is 0 Å². The lowest BCUT2D eigenvalue weighted by Crippen LogP contribution is -2.13. The molecule has 110 valence electrons. The van der Waals surface area contributed by atoms with E-state index in [-0.39, 0.29) is 5.91 Å². The van der Waals surface area contributed by atoms with Crippen LogP contribution in [-0.4, -0.2) is 24.7 Å². The summed E-state index contributed by atoms with van der Waals surface area (Å²) < 4.78 is 4.69. The molecule has 0 aliphatic carbocycles. The first-order chi connectivity index (χ1) is 10.2. The van der Waals surface area contributed by atoms with Crippen LogP contribution in [-0.2, 0) is 4.74 Å². The molecular weight excluding hydrogens is 306 g/mol. The smallest absolute Gasteiger partial charge is 0.340 e. The molecule has 0 aliphatic rings. The average molecular weight is 321 g/mol. The molecule has 0 spiro atoms. The summed E-state index contributed by atoms with van der Waals surface area (Å²) in [5.74, 6) is 0.255. The minimum atomic E-state index is -0.457. The summed E-state index contributed by atoms with van der Waals surface area (Å²) in [6.07, 6.45) is 0. The molecule has 0 unspecified atom stereocenters. The van der Waals surface area contributed by atoms with E-state index in [0.717, 1.165) is 10.6 Å². The Morgan fingerprint density at radius 1 is 1.33 bits per heavy atom. The van der Waals surface area contributed by atoms with E-state index in [0.29, 0.717) is 16.1 Å². The molecule has 2 rings (SSSR count). The standard InChI is InChI=1S/C15H15NO3S2/c1-3-20-11-6-4-5-10(9-11)13(17)16-14-12(7-8-21-14)15(18)19-2/h4-9H,3H2,1-2H3,(H,16,17). The Hall–Kier alpha value is -1.79. The molecule has 2 aromatic rings. The molecule has 21 heavy (non-hydrogen) atoms. The molecule has 0 fully saturated rings. The van der Waals surface area contributed by atoms with Gasteiger partial charge in [-0.1, -0.05) is 13.0 Å². The normalized spacial score (nSPS) is 10.2. The Morgan fingerprint density at radius 2 is 2.14 bits per heavy atom. The molecule has 1 aromatic heterocycles. The van der Waals surface area contributed by atoms with Gasteiger partial charge >= 0.3 is 5.97 Å². The zero-order chi connectivity index (χ0) is 15.2. The van der Waals surface area contributed by atoms with Crippen LogP contribution in [0.4, 0.5) is 5.00 Å². The van der Waals surface area contributed by atoms with Crippen molar-refractivity contribution < 1.29 is 14.3 Å². The maximum Gasteiger partial charge on any atom is 0.340 e. The molecule has 0 saturated heterocycles. The van der Waals surface area contributed by atoms with Gasteiger partial charge in [-0.25, -0.2) is 4.79 Å². The van der Waals surface area contributed by atoms with E-state index in [1.54, 1.807) is 29.3 Å². The van der Waals surface area contributed by atoms with Crippen LogP contribution in [0.5, 0.6) is 0 Å². The van der Waals surface area contributed by atoms with E-state index in [2.05, 4.69) is 17.0 Å². The van der Waals surface area contributed by atoms with Gasteiger partial charge in [0.2, 0.25) is 0 Å². The van der Waals surface area contributed by atoms with Gasteiger partial charge in [0.15, 0.2) is 0 Å². The van der Waals surface area contributed by atoms with Gasteiger partial charge in [-0.05, 0) is 35.4 Å². The minimum Gasteiger partial charge on any atom is -0.465 e. The number of rotatable bonds is 5. The number of esters is 1. The molecule has 0 atom stereocenters. The topological polar surface area (TPSA) is 55.4 Å². The number of carbonyl (C=O) groups excluding carboxylic acids is 2. The number of ether oxygens (including phenoxy) is 1. The van der Waals surface area contributed by atoms with E-state index in [4.69, 9.17) is 0 Å². The van der Waals surface area contributed by atoms with Crippen molar-refractivity contribution in [3.05, 3.63) is 46.8 Å². The number of amides is 1. The van der Waals surface area contributed by atoms with E-state index >= 15 is 0 Å². The summed E-state index contributed by atoms with van der Waals surface area (Å²) in [5, 5.41) is 5.00. The van der Waals surface area contributed by atoms with Crippen molar-refractivity contribution in [3.63, 3.8) is 0 Å². The first-order valence-corrected chi connectivity index (χ1v) is 8.22. The number of hydrogen-bond acceptors (Lipinski definition) is 5. The van der Waals surface area contributed by atoms with Crippen LogP contribution in [0.25, 0.3) is 0 Å². The molecule has 6 heteroatoms. The summed E-state index contributed by atoms with van der Waals surface area (Å²) in [5.41, 5.74) is 0.938. The van der Waals surface area contributed by atoms with Gasteiger partial charge in [-0.2, -0.15) is 0 Å². The second kappa shape index (κ2) is 7.28. The van der Waals surface area contributed by atoms with Crippen molar-refractivity contribution in [1.29, 1.82) is 0 Å². The zero-order valence-corrected chi connectivity index (χ0v) is 13.3. The molecule has 1 amide bonds. The molecule has 0 saturated carbocycles. The highest BCUT2D eigenvalue weighted by molar-refractivity contribution is 7.99. The number of anilines is 1. The Bertz CT molecular complexity index is 652. The third-order valence-electron chi connectivity index (χ3n) is 2.70. The summed E-state index contributed by atoms with van der Waals surface area (Å²) in [6.45, 7) is 2.06. The van der Waals surface area contributed by atoms with E-state index in [1.165, 1.54) is 18.4 Å². The lowest BCUT2D eigenvalue weighted by atomic mass is 10.2. The monoisotopic (exact) mass is 321 g/mol. The number of carbonyl (C=O) groups is 2. The van der Waals surface area contributed by atoms with Gasteiger partial charge in [0.05, 0.1) is 12.7 Å². The zero-order valence-electron chi connectivity index (χ0n) is 11.7. The molecule has 1 heterocycles. The number of thiophene rings is 1. The molecule has 1 N–H and O–H groups in total. The second-order valence-electron chi connectivity index (χ2n) is 4.07. The van der Waals surface area contributed by atoms with Gasteiger partial charge in [0.25, 0.3) is 5.91 Å². The van der Waals surface area contributed by atoms with Crippen LogP contribution in [0, 0.1) is 0 Å². The van der Waals surface area contributed by atoms with E-state index in [1.807, 2.05) is 18.2 Å². The Balaban J connectivity index is 2.17. The Kier molecular flexibility index (Phi) is 5.41. The van der Waals surface area contributed by atoms with Crippen molar-refractivity contribution >= 4 is 40.0 Å². The number of hydrogen-bond donors (Lipinski definition) is 1. The van der Waals surface area contributed by atoms with Gasteiger partial charge < -0.3 is 10.1 Å². The maximum absolute atomic E-state index is 12.3. The van der Waals surface area contributed by atoms with Crippen LogP contribution in [0.3, 0.4) is 0 Å². The summed E-state index contributed by atoms with van der Waals surface area (Å²) in [4.78, 5) is 24.9. The Labute approximate surface area is 131 Å². The average Bonchev–Trinajstić information content (AvgIpc) is 2.95. The number of benzene rings is 1. The first-order valence-electron chi connectivity index (χ1n) is 6.35. The largest absolute Gasteiger partial charge is 0.465 e. The van der Waals surface area contributed by atoms with Crippen molar-refractivity contribution in [3.8, 4) is 0 Å². The van der Waals surface area contributed by atoms with Crippen molar-refractivity contribution in [1.82, 2.24) is 0 Å². The van der Waals surface area contributed by atoms with Gasteiger partial charge in [0, 0.05) is 10.5 Å². The summed E-state index contributed by atoms with van der Waals surface area (Å²) >= 11 is 2.97. The van der Waals surface area contributed by atoms with Crippen molar-refractivity contribution in [2.75, 3.05) is 18.2 Å². The molecule has 4 nitrogen and oxygen atoms in total. The molecular formula is C15H15NO3S2. The third-order valence-corrected chi connectivity index (χ3v) is 4.41. The molecule has 0 aliphatic heterocycles. The van der Waals surface area contributed by atoms with Gasteiger partial charge in [-0.15, -0.1) is 23.1 Å². The van der Waals surface area contributed by atoms with Gasteiger partial charge in [-0.3, -0.25) is 4.79 Å². The SMILES string of the molecule is CCSc1cccc(C(=O)Nc2sccc2C(=O)OC)c1. The van der Waals surface area contributed by atoms with E-state index < -0.39 is 5.97 Å². The number of nitrogens with one attached hydrogen (secondary N) is 1. The highest BCUT2D eigenvalue weighted by Gasteiger charge is 2.16. The van der Waals surface area contributed by atoms with Crippen LogP contribution >= 0.6 is 23.1 Å². The van der Waals surface area contributed by atoms with Gasteiger partial charge in [0.1, 0.15) is 5.00 Å². The quantitative estimate of drug-likeness (QED) is 0.670. The highest BCUT2D eigenvalue weighted by Crippen LogP contribution is 2.25. The predicted octanol–water partition coefficient (Wildman–Crippen LogP) is 3.90. The fourth-order valence-electron chi connectivity index (χ4n) is 1.75. The second-order valence-corrected chi connectivity index (χ2v) is 6.32. The van der Waals surface area contributed by atoms with E-state index in [9.17, 15) is 9.59 Å². The first kappa shape index (κ1) is 15.6. The van der Waals surface area contributed by atoms with Crippen molar-refractivity contribution in [2.45, 2.75) is 11.8 Å². The van der Waals surface area contributed by atoms with Crippen molar-refractivity contribution in [2.24, 2.45) is 0 Å². The summed E-state index contributed by atoms with van der Waals surface area (Å²) in [7, 11) is 1.32. The predicted molar refractivity (Wildman–Crippen MR) is 86.5 cm³/mol. The lowest BCUT2D eigenvalue weighted by molar-refractivity contribution is 0.0602. The Morgan fingerprint density at radius 3 is 2.86 bits per heavy atom. The minimum absolute atomic E-state index is 0.235. The van der Waals surface area contributed by atoms with Crippen LogP contribution in [0.15, 0.2) is 40.6 Å². The fourth-order valence-corrected chi connectivity index (χ4v) is 3.23. The molecule has 0 radical (unpaired) electrons. The number of methoxy groups -OCH3 is 1. The third kappa shape index (κ3) is 3.86. The van der Waals surface area contributed by atoms with Crippen LogP contribution in [0.1, 0.15) is 27.6 Å². The highest BCUT2D eigenvalue weighted by atomic mass is 32.2. The molecule has 1 aromatic carbocycles. The lowest BCUT2D eigenvalue weighted by Gasteiger charge is -2.06. The maximum atomic E-state index is 12.3. The molecule has 0 bridgehead atoms.